The van der Waals surface area contributed by atoms with Crippen molar-refractivity contribution in [3.63, 3.8) is 0 Å². The van der Waals surface area contributed by atoms with Gasteiger partial charge in [0.25, 0.3) is 5.56 Å². The van der Waals surface area contributed by atoms with Crippen molar-refractivity contribution in [2.75, 3.05) is 6.67 Å². The van der Waals surface area contributed by atoms with Gasteiger partial charge in [0, 0.05) is 28.2 Å². The number of rotatable bonds is 2. The van der Waals surface area contributed by atoms with Crippen molar-refractivity contribution in [2.24, 2.45) is 5.92 Å². The molecule has 0 radical (unpaired) electrons. The average Bonchev–Trinajstić information content (AvgIpc) is 2.98. The molecule has 4 rings (SSSR count). The molecule has 7 heteroatoms. The molecule has 5 nitrogen and oxygen atoms in total. The second kappa shape index (κ2) is 5.36. The van der Waals surface area contributed by atoms with Gasteiger partial charge >= 0.3 is 5.69 Å². The third kappa shape index (κ3) is 2.08. The van der Waals surface area contributed by atoms with Gasteiger partial charge < -0.3 is 4.98 Å². The first-order valence-electron chi connectivity index (χ1n) is 7.55. The van der Waals surface area contributed by atoms with Gasteiger partial charge in [-0.25, -0.2) is 13.8 Å². The number of aromatic amines is 1. The van der Waals surface area contributed by atoms with Crippen LogP contribution in [0.15, 0.2) is 40.2 Å². The van der Waals surface area contributed by atoms with E-state index in [9.17, 15) is 18.4 Å². The Morgan fingerprint density at radius 2 is 2.08 bits per heavy atom. The molecule has 2 heterocycles. The number of hydrogen-bond acceptors (Lipinski definition) is 3. The molecule has 24 heavy (non-hydrogen) atoms. The zero-order valence-corrected chi connectivity index (χ0v) is 12.6. The Hall–Kier alpha value is -2.83. The molecular weight excluding hydrogens is 316 g/mol. The topological polar surface area (TPSA) is 67.8 Å². The fraction of sp³-hybridized carbons (Fsp3) is 0.235. The summed E-state index contributed by atoms with van der Waals surface area (Å²) < 4.78 is 28.1. The lowest BCUT2D eigenvalue weighted by Gasteiger charge is -2.10. The SMILES string of the molecule is O=c1[nH]c2c(c(=O)n1-c1cncc3cccc(F)c13)CC(CF)C2. The van der Waals surface area contributed by atoms with Gasteiger partial charge in [-0.2, -0.15) is 0 Å². The van der Waals surface area contributed by atoms with Crippen LogP contribution in [0.25, 0.3) is 16.5 Å². The zero-order chi connectivity index (χ0) is 16.8. The molecule has 0 bridgehead atoms. The van der Waals surface area contributed by atoms with Crippen molar-refractivity contribution in [1.29, 1.82) is 0 Å². The van der Waals surface area contributed by atoms with E-state index in [0.717, 1.165) is 4.57 Å². The van der Waals surface area contributed by atoms with Crippen LogP contribution in [0.2, 0.25) is 0 Å². The molecular formula is C17H13F2N3O2. The van der Waals surface area contributed by atoms with E-state index >= 15 is 0 Å². The van der Waals surface area contributed by atoms with Crippen LogP contribution in [0.4, 0.5) is 8.78 Å². The number of halogens is 2. The highest BCUT2D eigenvalue weighted by atomic mass is 19.1. The van der Waals surface area contributed by atoms with Crippen LogP contribution in [-0.4, -0.2) is 21.2 Å². The molecule has 0 saturated heterocycles. The highest BCUT2D eigenvalue weighted by molar-refractivity contribution is 5.89. The first kappa shape index (κ1) is 14.7. The van der Waals surface area contributed by atoms with E-state index in [1.165, 1.54) is 24.5 Å². The second-order valence-electron chi connectivity index (χ2n) is 5.95. The Morgan fingerprint density at radius 3 is 2.88 bits per heavy atom. The Kier molecular flexibility index (Phi) is 3.30. The predicted molar refractivity (Wildman–Crippen MR) is 84.8 cm³/mol. The third-order valence-electron chi connectivity index (χ3n) is 4.44. The summed E-state index contributed by atoms with van der Waals surface area (Å²) in [7, 11) is 0. The summed E-state index contributed by atoms with van der Waals surface area (Å²) in [5, 5.41) is 0.640. The van der Waals surface area contributed by atoms with Crippen molar-refractivity contribution in [2.45, 2.75) is 12.8 Å². The summed E-state index contributed by atoms with van der Waals surface area (Å²) in [4.78, 5) is 31.8. The standard InChI is InChI=1S/C17H13F2N3O2/c18-6-9-4-11-13(5-9)21-17(24)22(16(11)23)14-8-20-7-10-2-1-3-12(19)15(10)14/h1-3,7-9H,4-6H2,(H,21,24). The number of nitrogens with zero attached hydrogens (tertiary/aromatic N) is 2. The Balaban J connectivity index is 2.04. The Bertz CT molecular complexity index is 1070. The lowest BCUT2D eigenvalue weighted by atomic mass is 10.1. The van der Waals surface area contributed by atoms with Gasteiger partial charge in [0.1, 0.15) is 5.82 Å². The maximum Gasteiger partial charge on any atom is 0.333 e. The average molecular weight is 329 g/mol. The summed E-state index contributed by atoms with van der Waals surface area (Å²) in [6, 6.07) is 4.45. The van der Waals surface area contributed by atoms with Crippen LogP contribution in [-0.2, 0) is 12.8 Å². The van der Waals surface area contributed by atoms with Gasteiger partial charge in [-0.1, -0.05) is 12.1 Å². The van der Waals surface area contributed by atoms with Crippen LogP contribution in [0.1, 0.15) is 11.3 Å². The van der Waals surface area contributed by atoms with E-state index in [0.29, 0.717) is 23.1 Å². The number of H-pyrrole nitrogens is 1. The summed E-state index contributed by atoms with van der Waals surface area (Å²) in [6.07, 6.45) is 3.35. The molecule has 1 aliphatic rings. The zero-order valence-electron chi connectivity index (χ0n) is 12.6. The number of benzene rings is 1. The molecule has 1 atom stereocenters. The largest absolute Gasteiger partial charge is 0.333 e. The molecule has 122 valence electrons. The quantitative estimate of drug-likeness (QED) is 0.781. The first-order valence-corrected chi connectivity index (χ1v) is 7.55. The van der Waals surface area contributed by atoms with Crippen LogP contribution in [0.3, 0.4) is 0 Å². The first-order chi connectivity index (χ1) is 11.6. The van der Waals surface area contributed by atoms with Crippen LogP contribution in [0.5, 0.6) is 0 Å². The lowest BCUT2D eigenvalue weighted by molar-refractivity contribution is 0.371. The highest BCUT2D eigenvalue weighted by Gasteiger charge is 2.27. The molecule has 0 amide bonds. The number of alkyl halides is 1. The number of pyridine rings is 1. The maximum atomic E-state index is 14.3. The molecule has 2 aromatic heterocycles. The van der Waals surface area contributed by atoms with Crippen molar-refractivity contribution in [3.05, 3.63) is 68.5 Å². The molecule has 3 aromatic rings. The van der Waals surface area contributed by atoms with Crippen LogP contribution < -0.4 is 11.2 Å². The van der Waals surface area contributed by atoms with E-state index in [2.05, 4.69) is 9.97 Å². The smallest absolute Gasteiger partial charge is 0.310 e. The minimum absolute atomic E-state index is 0.0864. The van der Waals surface area contributed by atoms with Crippen molar-refractivity contribution < 1.29 is 8.78 Å². The molecule has 1 aliphatic carbocycles. The number of aromatic nitrogens is 3. The lowest BCUT2D eigenvalue weighted by Crippen LogP contribution is -2.36. The Morgan fingerprint density at radius 1 is 1.25 bits per heavy atom. The number of hydrogen-bond donors (Lipinski definition) is 1. The maximum absolute atomic E-state index is 14.3. The molecule has 0 aliphatic heterocycles. The monoisotopic (exact) mass is 329 g/mol. The van der Waals surface area contributed by atoms with Gasteiger partial charge in [0.05, 0.1) is 18.6 Å². The van der Waals surface area contributed by atoms with Gasteiger partial charge in [-0.3, -0.25) is 14.2 Å². The van der Waals surface area contributed by atoms with E-state index in [1.807, 2.05) is 0 Å². The molecule has 1 unspecified atom stereocenters. The van der Waals surface area contributed by atoms with Crippen LogP contribution >= 0.6 is 0 Å². The number of fused-ring (bicyclic) bond motifs is 2. The predicted octanol–water partition coefficient (Wildman–Crippen LogP) is 1.90. The highest BCUT2D eigenvalue weighted by Crippen LogP contribution is 2.25. The van der Waals surface area contributed by atoms with Gasteiger partial charge in [0.15, 0.2) is 0 Å². The van der Waals surface area contributed by atoms with E-state index < -0.39 is 23.7 Å². The fourth-order valence-corrected chi connectivity index (χ4v) is 3.32. The van der Waals surface area contributed by atoms with E-state index in [4.69, 9.17) is 0 Å². The van der Waals surface area contributed by atoms with Gasteiger partial charge in [-0.05, 0) is 24.8 Å². The number of nitrogens with one attached hydrogen (secondary N) is 1. The molecule has 0 fully saturated rings. The second-order valence-corrected chi connectivity index (χ2v) is 5.95. The fourth-order valence-electron chi connectivity index (χ4n) is 3.32. The minimum atomic E-state index is -0.671. The summed E-state index contributed by atoms with van der Waals surface area (Å²) in [5.41, 5.74) is -0.274. The van der Waals surface area contributed by atoms with Crippen molar-refractivity contribution in [1.82, 2.24) is 14.5 Å². The summed E-state index contributed by atoms with van der Waals surface area (Å²) >= 11 is 0. The summed E-state index contributed by atoms with van der Waals surface area (Å²) in [6.45, 7) is -0.555. The summed E-state index contributed by atoms with van der Waals surface area (Å²) in [5.74, 6) is -0.847. The van der Waals surface area contributed by atoms with E-state index in [1.54, 1.807) is 6.07 Å². The molecule has 1 N–H and O–H groups in total. The third-order valence-corrected chi connectivity index (χ3v) is 4.44. The van der Waals surface area contributed by atoms with Gasteiger partial charge in [-0.15, -0.1) is 0 Å². The minimum Gasteiger partial charge on any atom is -0.310 e. The van der Waals surface area contributed by atoms with E-state index in [-0.39, 0.29) is 23.4 Å². The van der Waals surface area contributed by atoms with Crippen molar-refractivity contribution >= 4 is 10.8 Å². The molecule has 0 spiro atoms. The molecule has 0 saturated carbocycles. The molecule has 1 aromatic carbocycles. The van der Waals surface area contributed by atoms with Gasteiger partial charge in [0.2, 0.25) is 0 Å². The normalized spacial score (nSPS) is 16.5. The van der Waals surface area contributed by atoms with Crippen molar-refractivity contribution in [3.8, 4) is 5.69 Å². The Labute approximate surface area is 134 Å². The van der Waals surface area contributed by atoms with Crippen LogP contribution in [0, 0.1) is 11.7 Å².